The molecule has 1 atom stereocenters. The van der Waals surface area contributed by atoms with Gasteiger partial charge >= 0.3 is 0 Å². The topological polar surface area (TPSA) is 60.9 Å². The van der Waals surface area contributed by atoms with Crippen LogP contribution in [0.2, 0.25) is 0 Å². The van der Waals surface area contributed by atoms with Crippen LogP contribution in [0, 0.1) is 11.7 Å². The number of aliphatic hydroxyl groups is 1. The number of aromatic nitrogens is 2. The molecule has 1 aliphatic carbocycles. The fourth-order valence-electron chi connectivity index (χ4n) is 2.73. The molecule has 1 saturated carbocycles. The largest absolute Gasteiger partial charge is 0.387 e. The molecule has 0 aliphatic heterocycles. The smallest absolute Gasteiger partial charge is 0.148 e. The van der Waals surface area contributed by atoms with E-state index in [4.69, 9.17) is 0 Å². The summed E-state index contributed by atoms with van der Waals surface area (Å²) in [6.45, 7) is 4.78. The maximum atomic E-state index is 13.6. The van der Waals surface area contributed by atoms with E-state index in [-0.39, 0.29) is 11.4 Å². The average Bonchev–Trinajstić information content (AvgIpc) is 3.16. The fraction of sp³-hybridized carbons (Fsp3) is 0.533. The number of halogens is 1. The van der Waals surface area contributed by atoms with Gasteiger partial charge < -0.3 is 10.4 Å². The van der Waals surface area contributed by atoms with Crippen LogP contribution in [0.15, 0.2) is 18.3 Å². The quantitative estimate of drug-likeness (QED) is 0.787. The van der Waals surface area contributed by atoms with Gasteiger partial charge in [-0.2, -0.15) is 5.10 Å². The monoisotopic (exact) mass is 277 g/mol. The molecule has 2 aromatic rings. The molecule has 20 heavy (non-hydrogen) atoms. The van der Waals surface area contributed by atoms with E-state index in [2.05, 4.69) is 29.4 Å². The van der Waals surface area contributed by atoms with Gasteiger partial charge in [0.2, 0.25) is 0 Å². The summed E-state index contributed by atoms with van der Waals surface area (Å²) in [7, 11) is 0. The van der Waals surface area contributed by atoms with Crippen molar-refractivity contribution in [2.24, 2.45) is 5.92 Å². The Balaban J connectivity index is 1.77. The molecule has 0 radical (unpaired) electrons. The molecule has 0 bridgehead atoms. The molecule has 5 heteroatoms. The highest BCUT2D eigenvalue weighted by molar-refractivity contribution is 5.82. The van der Waals surface area contributed by atoms with Crippen molar-refractivity contribution in [1.29, 1.82) is 0 Å². The summed E-state index contributed by atoms with van der Waals surface area (Å²) in [5, 5.41) is 20.9. The van der Waals surface area contributed by atoms with Crippen LogP contribution >= 0.6 is 0 Å². The summed E-state index contributed by atoms with van der Waals surface area (Å²) in [6, 6.07) is 2.99. The molecule has 0 saturated heterocycles. The van der Waals surface area contributed by atoms with Crippen LogP contribution in [0.1, 0.15) is 38.4 Å². The second-order valence-electron chi connectivity index (χ2n) is 6.19. The lowest BCUT2D eigenvalue weighted by atomic mass is 9.97. The Hall–Kier alpha value is -1.46. The lowest BCUT2D eigenvalue weighted by Crippen LogP contribution is -2.43. The average molecular weight is 277 g/mol. The third kappa shape index (κ3) is 2.43. The zero-order valence-electron chi connectivity index (χ0n) is 11.8. The fourth-order valence-corrected chi connectivity index (χ4v) is 2.73. The maximum absolute atomic E-state index is 13.6. The van der Waals surface area contributed by atoms with Gasteiger partial charge in [-0.25, -0.2) is 4.39 Å². The van der Waals surface area contributed by atoms with Crippen LogP contribution < -0.4 is 5.32 Å². The molecule has 0 spiro atoms. The minimum Gasteiger partial charge on any atom is -0.387 e. The molecule has 4 nitrogen and oxygen atoms in total. The number of rotatable bonds is 5. The Labute approximate surface area is 117 Å². The molecular weight excluding hydrogens is 257 g/mol. The number of hydrogen-bond acceptors (Lipinski definition) is 3. The zero-order valence-corrected chi connectivity index (χ0v) is 11.8. The first-order valence-electron chi connectivity index (χ1n) is 7.03. The van der Waals surface area contributed by atoms with Gasteiger partial charge in [0.15, 0.2) is 0 Å². The van der Waals surface area contributed by atoms with Crippen molar-refractivity contribution in [3.8, 4) is 0 Å². The zero-order chi connectivity index (χ0) is 14.3. The summed E-state index contributed by atoms with van der Waals surface area (Å²) in [4.78, 5) is 0. The molecule has 0 amide bonds. The first-order chi connectivity index (χ1) is 9.49. The van der Waals surface area contributed by atoms with E-state index < -0.39 is 6.10 Å². The van der Waals surface area contributed by atoms with E-state index in [1.165, 1.54) is 18.9 Å². The Kier molecular flexibility index (Phi) is 3.26. The van der Waals surface area contributed by atoms with Crippen molar-refractivity contribution in [1.82, 2.24) is 15.5 Å². The van der Waals surface area contributed by atoms with E-state index in [0.29, 0.717) is 28.9 Å². The molecule has 108 valence electrons. The Morgan fingerprint density at radius 1 is 1.50 bits per heavy atom. The SMILES string of the molecule is CC(C)(NC[C@H](O)c1ccc(F)c2[nH]ncc12)C1CC1. The van der Waals surface area contributed by atoms with Gasteiger partial charge in [0.25, 0.3) is 0 Å². The number of hydrogen-bond donors (Lipinski definition) is 3. The van der Waals surface area contributed by atoms with Crippen LogP contribution in [-0.4, -0.2) is 27.4 Å². The summed E-state index contributed by atoms with van der Waals surface area (Å²) in [5.41, 5.74) is 1.09. The third-order valence-electron chi connectivity index (χ3n) is 4.31. The molecule has 1 aromatic heterocycles. The van der Waals surface area contributed by atoms with Crippen LogP contribution in [0.3, 0.4) is 0 Å². The maximum Gasteiger partial charge on any atom is 0.148 e. The number of benzene rings is 1. The normalized spacial score (nSPS) is 17.6. The molecule has 0 unspecified atom stereocenters. The minimum absolute atomic E-state index is 0.0382. The highest BCUT2D eigenvalue weighted by atomic mass is 19.1. The summed E-state index contributed by atoms with van der Waals surface area (Å²) in [5.74, 6) is 0.344. The van der Waals surface area contributed by atoms with Crippen molar-refractivity contribution in [2.75, 3.05) is 6.54 Å². The highest BCUT2D eigenvalue weighted by Gasteiger charge is 2.37. The van der Waals surface area contributed by atoms with Crippen LogP contribution in [0.5, 0.6) is 0 Å². The molecule has 1 aliphatic rings. The molecule has 3 rings (SSSR count). The molecule has 3 N–H and O–H groups in total. The van der Waals surface area contributed by atoms with E-state index in [1.54, 1.807) is 12.3 Å². The lowest BCUT2D eigenvalue weighted by Gasteiger charge is -2.28. The van der Waals surface area contributed by atoms with E-state index in [1.807, 2.05) is 0 Å². The second kappa shape index (κ2) is 4.82. The van der Waals surface area contributed by atoms with Crippen molar-refractivity contribution in [3.63, 3.8) is 0 Å². The van der Waals surface area contributed by atoms with Crippen molar-refractivity contribution >= 4 is 10.9 Å². The molecule has 1 aromatic carbocycles. The Bertz CT molecular complexity index is 619. The van der Waals surface area contributed by atoms with Gasteiger partial charge in [0.05, 0.1) is 12.3 Å². The van der Waals surface area contributed by atoms with Crippen molar-refractivity contribution in [2.45, 2.75) is 38.3 Å². The van der Waals surface area contributed by atoms with E-state index in [9.17, 15) is 9.50 Å². The predicted molar refractivity (Wildman–Crippen MR) is 75.8 cm³/mol. The van der Waals surface area contributed by atoms with Gasteiger partial charge in [0.1, 0.15) is 11.3 Å². The molecular formula is C15H20FN3O. The van der Waals surface area contributed by atoms with Crippen LogP contribution in [-0.2, 0) is 0 Å². The van der Waals surface area contributed by atoms with E-state index in [0.717, 1.165) is 0 Å². The number of β-amino-alcohol motifs (C(OH)–C–C–N with tert-alkyl or cyclic N) is 1. The summed E-state index contributed by atoms with van der Waals surface area (Å²) >= 11 is 0. The number of aliphatic hydroxyl groups excluding tert-OH is 1. The van der Waals surface area contributed by atoms with Crippen molar-refractivity contribution in [3.05, 3.63) is 29.7 Å². The Morgan fingerprint density at radius 2 is 2.25 bits per heavy atom. The number of aromatic amines is 1. The van der Waals surface area contributed by atoms with Gasteiger partial charge in [-0.05, 0) is 44.2 Å². The van der Waals surface area contributed by atoms with E-state index >= 15 is 0 Å². The second-order valence-corrected chi connectivity index (χ2v) is 6.19. The Morgan fingerprint density at radius 3 is 2.95 bits per heavy atom. The highest BCUT2D eigenvalue weighted by Crippen LogP contribution is 2.39. The minimum atomic E-state index is -0.672. The first kappa shape index (κ1) is 13.5. The number of nitrogens with one attached hydrogen (secondary N) is 2. The summed E-state index contributed by atoms with van der Waals surface area (Å²) < 4.78 is 13.6. The van der Waals surface area contributed by atoms with Crippen LogP contribution in [0.4, 0.5) is 4.39 Å². The van der Waals surface area contributed by atoms with Crippen LogP contribution in [0.25, 0.3) is 10.9 Å². The number of fused-ring (bicyclic) bond motifs is 1. The standard InChI is InChI=1S/C15H20FN3O/c1-15(2,9-3-4-9)17-8-13(20)10-5-6-12(16)14-11(10)7-18-19-14/h5-7,9,13,17,20H,3-4,8H2,1-2H3,(H,18,19)/t13-/m0/s1. The van der Waals surface area contributed by atoms with Gasteiger partial charge in [-0.3, -0.25) is 5.10 Å². The van der Waals surface area contributed by atoms with Gasteiger partial charge in [0, 0.05) is 17.5 Å². The molecule has 1 fully saturated rings. The van der Waals surface area contributed by atoms with Crippen molar-refractivity contribution < 1.29 is 9.50 Å². The number of nitrogens with zero attached hydrogens (tertiary/aromatic N) is 1. The summed E-state index contributed by atoms with van der Waals surface area (Å²) in [6.07, 6.45) is 3.38. The predicted octanol–water partition coefficient (Wildman–Crippen LogP) is 2.51. The van der Waals surface area contributed by atoms with Gasteiger partial charge in [-0.15, -0.1) is 0 Å². The number of H-pyrrole nitrogens is 1. The van der Waals surface area contributed by atoms with Gasteiger partial charge in [-0.1, -0.05) is 6.07 Å². The third-order valence-corrected chi connectivity index (χ3v) is 4.31. The first-order valence-corrected chi connectivity index (χ1v) is 7.03. The molecule has 1 heterocycles. The lowest BCUT2D eigenvalue weighted by molar-refractivity contribution is 0.158.